The van der Waals surface area contributed by atoms with E-state index in [4.69, 9.17) is 10.4 Å². The zero-order valence-electron chi connectivity index (χ0n) is 6.57. The fraction of sp³-hybridized carbons (Fsp3) is 0.250. The molecular formula is C8H10N2O. The molecule has 0 bridgehead atoms. The Morgan fingerprint density at radius 1 is 1.45 bits per heavy atom. The molecule has 0 aliphatic rings. The van der Waals surface area contributed by atoms with E-state index in [1.165, 1.54) is 18.3 Å². The number of nitriles is 1. The van der Waals surface area contributed by atoms with Crippen LogP contribution in [0.2, 0.25) is 0 Å². The molecule has 3 heteroatoms. The summed E-state index contributed by atoms with van der Waals surface area (Å²) in [5.41, 5.74) is 0.313. The number of nitrogens with zero attached hydrogens (tertiary/aromatic N) is 2. The minimum Gasteiger partial charge on any atom is -0.506 e. The summed E-state index contributed by atoms with van der Waals surface area (Å²) in [6, 6.07) is 4.71. The van der Waals surface area contributed by atoms with Crippen molar-refractivity contribution in [2.75, 3.05) is 0 Å². The predicted molar refractivity (Wildman–Crippen MR) is 42.0 cm³/mol. The summed E-state index contributed by atoms with van der Waals surface area (Å²) in [5.74, 6) is 0.0778. The van der Waals surface area contributed by atoms with E-state index in [9.17, 15) is 0 Å². The fourth-order valence-electron chi connectivity index (χ4n) is 0.452. The molecule has 0 amide bonds. The summed E-state index contributed by atoms with van der Waals surface area (Å²) in [5, 5.41) is 16.9. The molecule has 1 aromatic heterocycles. The largest absolute Gasteiger partial charge is 0.506 e. The van der Waals surface area contributed by atoms with Gasteiger partial charge in [-0.25, -0.2) is 4.98 Å². The summed E-state index contributed by atoms with van der Waals surface area (Å²) >= 11 is 0. The lowest BCUT2D eigenvalue weighted by atomic mass is 10.4. The molecule has 11 heavy (non-hydrogen) atoms. The van der Waals surface area contributed by atoms with Gasteiger partial charge in [-0.05, 0) is 12.1 Å². The Morgan fingerprint density at radius 2 is 2.09 bits per heavy atom. The van der Waals surface area contributed by atoms with Crippen LogP contribution in [0.5, 0.6) is 5.75 Å². The van der Waals surface area contributed by atoms with E-state index >= 15 is 0 Å². The maximum Gasteiger partial charge on any atom is 0.140 e. The molecule has 0 unspecified atom stereocenters. The second kappa shape index (κ2) is 5.24. The molecular weight excluding hydrogens is 140 g/mol. The van der Waals surface area contributed by atoms with E-state index in [-0.39, 0.29) is 5.75 Å². The van der Waals surface area contributed by atoms with Crippen molar-refractivity contribution in [3.8, 4) is 11.8 Å². The predicted octanol–water partition coefficient (Wildman–Crippen LogP) is 1.69. The fourth-order valence-corrected chi connectivity index (χ4v) is 0.452. The molecule has 0 spiro atoms. The van der Waals surface area contributed by atoms with E-state index in [2.05, 4.69) is 4.98 Å². The Labute approximate surface area is 65.9 Å². The maximum atomic E-state index is 8.68. The number of hydrogen-bond donors (Lipinski definition) is 1. The smallest absolute Gasteiger partial charge is 0.140 e. The molecule has 1 rings (SSSR count). The number of pyridine rings is 1. The molecule has 0 atom stereocenters. The van der Waals surface area contributed by atoms with Crippen LogP contribution >= 0.6 is 0 Å². The van der Waals surface area contributed by atoms with E-state index in [1.807, 2.05) is 19.9 Å². The van der Waals surface area contributed by atoms with Gasteiger partial charge < -0.3 is 5.11 Å². The first-order valence-electron chi connectivity index (χ1n) is 3.38. The molecule has 1 heterocycles. The van der Waals surface area contributed by atoms with Crippen molar-refractivity contribution in [2.24, 2.45) is 0 Å². The van der Waals surface area contributed by atoms with Gasteiger partial charge in [-0.15, -0.1) is 0 Å². The molecule has 1 aromatic rings. The number of hydrogen-bond acceptors (Lipinski definition) is 3. The van der Waals surface area contributed by atoms with Gasteiger partial charge in [0.1, 0.15) is 17.5 Å². The van der Waals surface area contributed by atoms with Gasteiger partial charge in [-0.3, -0.25) is 0 Å². The molecule has 0 aliphatic carbocycles. The van der Waals surface area contributed by atoms with Crippen LogP contribution in [0.15, 0.2) is 18.3 Å². The van der Waals surface area contributed by atoms with E-state index in [1.54, 1.807) is 0 Å². The molecule has 1 N–H and O–H groups in total. The third-order valence-corrected chi connectivity index (χ3v) is 0.862. The Morgan fingerprint density at radius 3 is 2.45 bits per heavy atom. The average molecular weight is 150 g/mol. The first-order valence-corrected chi connectivity index (χ1v) is 3.38. The summed E-state index contributed by atoms with van der Waals surface area (Å²) in [7, 11) is 0. The Balaban J connectivity index is 0.000000461. The van der Waals surface area contributed by atoms with Crippen molar-refractivity contribution < 1.29 is 5.11 Å². The lowest BCUT2D eigenvalue weighted by Crippen LogP contribution is -1.77. The molecule has 3 nitrogen and oxygen atoms in total. The van der Waals surface area contributed by atoms with E-state index in [0.717, 1.165) is 0 Å². The van der Waals surface area contributed by atoms with Crippen LogP contribution in [0.3, 0.4) is 0 Å². The molecule has 0 radical (unpaired) electrons. The second-order valence-corrected chi connectivity index (χ2v) is 1.51. The van der Waals surface area contributed by atoms with Crippen molar-refractivity contribution in [3.05, 3.63) is 24.0 Å². The Kier molecular flexibility index (Phi) is 4.50. The topological polar surface area (TPSA) is 56.9 Å². The Bertz CT molecular complexity index is 235. The number of aromatic nitrogens is 1. The van der Waals surface area contributed by atoms with Crippen LogP contribution in [-0.2, 0) is 0 Å². The van der Waals surface area contributed by atoms with Gasteiger partial charge in [0, 0.05) is 0 Å². The zero-order chi connectivity index (χ0) is 8.69. The highest BCUT2D eigenvalue weighted by atomic mass is 16.3. The maximum absolute atomic E-state index is 8.68. The third-order valence-electron chi connectivity index (χ3n) is 0.862. The summed E-state index contributed by atoms with van der Waals surface area (Å²) in [6.07, 6.45) is 1.23. The van der Waals surface area contributed by atoms with Gasteiger partial charge >= 0.3 is 0 Å². The first-order chi connectivity index (χ1) is 5.33. The van der Waals surface area contributed by atoms with Gasteiger partial charge in [0.05, 0.1) is 6.20 Å². The minimum absolute atomic E-state index is 0.0778. The number of rotatable bonds is 0. The molecule has 0 saturated carbocycles. The summed E-state index contributed by atoms with van der Waals surface area (Å²) in [6.45, 7) is 4.00. The highest BCUT2D eigenvalue weighted by Gasteiger charge is 1.88. The van der Waals surface area contributed by atoms with Crippen LogP contribution in [0.25, 0.3) is 0 Å². The highest BCUT2D eigenvalue weighted by molar-refractivity contribution is 5.25. The van der Waals surface area contributed by atoms with Crippen LogP contribution in [0, 0.1) is 11.3 Å². The van der Waals surface area contributed by atoms with Gasteiger partial charge in [0.15, 0.2) is 0 Å². The SMILES string of the molecule is CC.N#Cc1ccc(O)cn1. The molecule has 0 aromatic carbocycles. The molecule has 58 valence electrons. The van der Waals surface area contributed by atoms with Crippen molar-refractivity contribution in [1.82, 2.24) is 4.98 Å². The number of aromatic hydroxyl groups is 1. The monoisotopic (exact) mass is 150 g/mol. The van der Waals surface area contributed by atoms with Crippen LogP contribution in [-0.4, -0.2) is 10.1 Å². The highest BCUT2D eigenvalue weighted by Crippen LogP contribution is 2.03. The van der Waals surface area contributed by atoms with E-state index in [0.29, 0.717) is 5.69 Å². The zero-order valence-corrected chi connectivity index (χ0v) is 6.57. The van der Waals surface area contributed by atoms with Gasteiger partial charge in [0.2, 0.25) is 0 Å². The molecule has 0 aliphatic heterocycles. The molecule has 0 fully saturated rings. The standard InChI is InChI=1S/C6H4N2O.C2H6/c7-3-5-1-2-6(9)4-8-5;1-2/h1-2,4,9H;1-2H3. The van der Waals surface area contributed by atoms with Crippen molar-refractivity contribution >= 4 is 0 Å². The van der Waals surface area contributed by atoms with Gasteiger partial charge in [-0.2, -0.15) is 5.26 Å². The summed E-state index contributed by atoms with van der Waals surface area (Å²) in [4.78, 5) is 3.59. The van der Waals surface area contributed by atoms with Crippen LogP contribution in [0.1, 0.15) is 19.5 Å². The molecule has 0 saturated heterocycles. The lowest BCUT2D eigenvalue weighted by Gasteiger charge is -1.86. The second-order valence-electron chi connectivity index (χ2n) is 1.51. The van der Waals surface area contributed by atoms with Crippen LogP contribution < -0.4 is 0 Å². The lowest BCUT2D eigenvalue weighted by molar-refractivity contribution is 0.472. The normalized spacial score (nSPS) is 7.36. The third kappa shape index (κ3) is 3.21. The Hall–Kier alpha value is -1.56. The first kappa shape index (κ1) is 9.44. The average Bonchev–Trinajstić information content (AvgIpc) is 2.10. The van der Waals surface area contributed by atoms with E-state index < -0.39 is 0 Å². The van der Waals surface area contributed by atoms with Crippen LogP contribution in [0.4, 0.5) is 0 Å². The van der Waals surface area contributed by atoms with Crippen molar-refractivity contribution in [1.29, 1.82) is 5.26 Å². The minimum atomic E-state index is 0.0778. The quantitative estimate of drug-likeness (QED) is 0.612. The van der Waals surface area contributed by atoms with Crippen molar-refractivity contribution in [2.45, 2.75) is 13.8 Å². The summed E-state index contributed by atoms with van der Waals surface area (Å²) < 4.78 is 0. The van der Waals surface area contributed by atoms with Gasteiger partial charge in [0.25, 0.3) is 0 Å². The van der Waals surface area contributed by atoms with Crippen molar-refractivity contribution in [3.63, 3.8) is 0 Å². The van der Waals surface area contributed by atoms with Gasteiger partial charge in [-0.1, -0.05) is 13.8 Å².